The van der Waals surface area contributed by atoms with E-state index in [-0.39, 0.29) is 24.1 Å². The quantitative estimate of drug-likeness (QED) is 0.323. The monoisotopic (exact) mass is 269 g/mol. The molecule has 0 aromatic rings. The van der Waals surface area contributed by atoms with E-state index in [1.807, 2.05) is 0 Å². The molecule has 0 aromatic carbocycles. The van der Waals surface area contributed by atoms with Gasteiger partial charge in [0.15, 0.2) is 0 Å². The van der Waals surface area contributed by atoms with Crippen LogP contribution in [0.3, 0.4) is 0 Å². The molecule has 1 fully saturated rings. The van der Waals surface area contributed by atoms with E-state index in [2.05, 4.69) is 9.53 Å². The Hall–Kier alpha value is -1.72. The summed E-state index contributed by atoms with van der Waals surface area (Å²) in [5.41, 5.74) is 7.90. The highest BCUT2D eigenvalue weighted by atomic mass is 16.5. The Bertz CT molecular complexity index is 427. The van der Waals surface area contributed by atoms with Gasteiger partial charge in [0.2, 0.25) is 0 Å². The van der Waals surface area contributed by atoms with Crippen LogP contribution in [0.4, 0.5) is 0 Å². The van der Waals surface area contributed by atoms with E-state index in [9.17, 15) is 9.59 Å². The van der Waals surface area contributed by atoms with E-state index in [0.29, 0.717) is 13.0 Å². The summed E-state index contributed by atoms with van der Waals surface area (Å²) >= 11 is 0. The molecule has 1 unspecified atom stereocenters. The van der Waals surface area contributed by atoms with E-state index in [4.69, 9.17) is 10.3 Å². The molecule has 1 atom stereocenters. The van der Waals surface area contributed by atoms with Gasteiger partial charge in [0.1, 0.15) is 5.72 Å². The zero-order valence-electron chi connectivity index (χ0n) is 11.7. The molecule has 0 saturated carbocycles. The minimum atomic E-state index is -0.788. The zero-order chi connectivity index (χ0) is 14.6. The molecular weight excluding hydrogens is 250 g/mol. The van der Waals surface area contributed by atoms with Gasteiger partial charge in [-0.25, -0.2) is 0 Å². The summed E-state index contributed by atoms with van der Waals surface area (Å²) in [4.78, 5) is 27.7. The molecule has 1 saturated heterocycles. The standard InChI is InChI=1S/C12H19N3O4/c1-8(14-13)11(17)15-9(5-6-10(16)18-4)7-19-12(15,2)3/h9H,5-7H2,1-4H3. The molecule has 0 radical (unpaired) electrons. The van der Waals surface area contributed by atoms with Gasteiger partial charge in [-0.3, -0.25) is 14.5 Å². The highest BCUT2D eigenvalue weighted by molar-refractivity contribution is 6.35. The first kappa shape index (κ1) is 15.3. The van der Waals surface area contributed by atoms with Gasteiger partial charge >= 0.3 is 17.6 Å². The van der Waals surface area contributed by atoms with Crippen LogP contribution >= 0.6 is 0 Å². The van der Waals surface area contributed by atoms with Crippen molar-refractivity contribution in [3.63, 3.8) is 0 Å². The van der Waals surface area contributed by atoms with Crippen LogP contribution < -0.4 is 0 Å². The fraction of sp³-hybridized carbons (Fsp3) is 0.750. The van der Waals surface area contributed by atoms with Crippen molar-refractivity contribution in [2.45, 2.75) is 45.4 Å². The summed E-state index contributed by atoms with van der Waals surface area (Å²) in [6.07, 6.45) is 0.653. The number of methoxy groups -OCH3 is 1. The van der Waals surface area contributed by atoms with Crippen molar-refractivity contribution in [3.8, 4) is 0 Å². The summed E-state index contributed by atoms with van der Waals surface area (Å²) < 4.78 is 10.1. The number of nitrogens with zero attached hydrogens (tertiary/aromatic N) is 3. The van der Waals surface area contributed by atoms with Crippen LogP contribution in [0, 0.1) is 0 Å². The molecule has 1 aliphatic heterocycles. The molecule has 106 valence electrons. The van der Waals surface area contributed by atoms with Gasteiger partial charge in [-0.15, -0.1) is 0 Å². The van der Waals surface area contributed by atoms with Gasteiger partial charge in [0.05, 0.1) is 19.8 Å². The topological polar surface area (TPSA) is 92.2 Å². The molecule has 0 aromatic heterocycles. The lowest BCUT2D eigenvalue weighted by Gasteiger charge is -2.32. The number of amides is 1. The van der Waals surface area contributed by atoms with Gasteiger partial charge in [0, 0.05) is 13.3 Å². The predicted octanol–water partition coefficient (Wildman–Crippen LogP) is 0.594. The predicted molar refractivity (Wildman–Crippen MR) is 66.2 cm³/mol. The molecule has 1 rings (SSSR count). The second kappa shape index (κ2) is 5.95. The Morgan fingerprint density at radius 3 is 2.68 bits per heavy atom. The van der Waals surface area contributed by atoms with Crippen molar-refractivity contribution in [2.24, 2.45) is 0 Å². The molecule has 1 heterocycles. The average Bonchev–Trinajstić information content (AvgIpc) is 2.69. The maximum absolute atomic E-state index is 12.2. The molecule has 0 spiro atoms. The van der Waals surface area contributed by atoms with Crippen molar-refractivity contribution in [2.75, 3.05) is 13.7 Å². The number of carbonyl (C=O) groups excluding carboxylic acids is 2. The first-order valence-corrected chi connectivity index (χ1v) is 6.06. The fourth-order valence-electron chi connectivity index (χ4n) is 2.11. The second-order valence-corrected chi connectivity index (χ2v) is 4.89. The minimum absolute atomic E-state index is 0.0124. The summed E-state index contributed by atoms with van der Waals surface area (Å²) in [7, 11) is 1.32. The van der Waals surface area contributed by atoms with E-state index >= 15 is 0 Å². The number of carbonyl (C=O) groups is 2. The second-order valence-electron chi connectivity index (χ2n) is 4.89. The summed E-state index contributed by atoms with van der Waals surface area (Å²) in [6, 6.07) is -0.238. The third-order valence-electron chi connectivity index (χ3n) is 3.16. The number of hydrogen-bond acceptors (Lipinski definition) is 4. The van der Waals surface area contributed by atoms with Crippen LogP contribution in [0.5, 0.6) is 0 Å². The van der Waals surface area contributed by atoms with Crippen molar-refractivity contribution in [3.05, 3.63) is 5.53 Å². The Balaban J connectivity index is 2.84. The molecule has 0 bridgehead atoms. The molecule has 0 aliphatic carbocycles. The lowest BCUT2D eigenvalue weighted by atomic mass is 10.1. The molecule has 7 heteroatoms. The lowest BCUT2D eigenvalue weighted by molar-refractivity contribution is -0.145. The molecular formula is C12H19N3O4. The van der Waals surface area contributed by atoms with E-state index in [1.165, 1.54) is 18.9 Å². The third-order valence-corrected chi connectivity index (χ3v) is 3.16. The number of rotatable bonds is 4. The SMILES string of the molecule is COC(=O)CCC1COC(C)(C)N1C(=O)C(C)=[N+]=[N-]. The Morgan fingerprint density at radius 1 is 1.53 bits per heavy atom. The van der Waals surface area contributed by atoms with Gasteiger partial charge in [-0.2, -0.15) is 4.79 Å². The normalized spacial score (nSPS) is 20.8. The largest absolute Gasteiger partial charge is 0.469 e. The van der Waals surface area contributed by atoms with Gasteiger partial charge in [-0.1, -0.05) is 0 Å². The van der Waals surface area contributed by atoms with E-state index in [0.717, 1.165) is 0 Å². The minimum Gasteiger partial charge on any atom is -0.469 e. The number of ether oxygens (including phenoxy) is 2. The summed E-state index contributed by atoms with van der Waals surface area (Å²) in [5.74, 6) is -0.732. The van der Waals surface area contributed by atoms with Crippen LogP contribution in [0.15, 0.2) is 0 Å². The lowest BCUT2D eigenvalue weighted by Crippen LogP contribution is -2.50. The Morgan fingerprint density at radius 2 is 2.16 bits per heavy atom. The Labute approximate surface area is 112 Å². The smallest absolute Gasteiger partial charge is 0.353 e. The van der Waals surface area contributed by atoms with Gasteiger partial charge < -0.3 is 15.0 Å². The molecule has 1 aliphatic rings. The summed E-state index contributed by atoms with van der Waals surface area (Å²) in [6.45, 7) is 5.28. The fourth-order valence-corrected chi connectivity index (χ4v) is 2.11. The third kappa shape index (κ3) is 3.39. The summed E-state index contributed by atoms with van der Waals surface area (Å²) in [5, 5.41) is 0. The van der Waals surface area contributed by atoms with Crippen LogP contribution in [0.25, 0.3) is 5.53 Å². The highest BCUT2D eigenvalue weighted by Crippen LogP contribution is 2.29. The number of hydrogen-bond donors (Lipinski definition) is 0. The maximum Gasteiger partial charge on any atom is 0.353 e. The van der Waals surface area contributed by atoms with Gasteiger partial charge in [0.25, 0.3) is 0 Å². The van der Waals surface area contributed by atoms with Crippen molar-refractivity contribution >= 4 is 17.6 Å². The number of esters is 1. The molecule has 1 amide bonds. The van der Waals surface area contributed by atoms with Crippen LogP contribution in [-0.4, -0.2) is 52.8 Å². The van der Waals surface area contributed by atoms with Crippen molar-refractivity contribution in [1.29, 1.82) is 0 Å². The van der Waals surface area contributed by atoms with Crippen molar-refractivity contribution < 1.29 is 23.9 Å². The first-order valence-electron chi connectivity index (χ1n) is 6.06. The van der Waals surface area contributed by atoms with Crippen LogP contribution in [0.2, 0.25) is 0 Å². The van der Waals surface area contributed by atoms with Crippen molar-refractivity contribution in [1.82, 2.24) is 4.90 Å². The maximum atomic E-state index is 12.2. The zero-order valence-corrected chi connectivity index (χ0v) is 11.7. The van der Waals surface area contributed by atoms with Crippen LogP contribution in [-0.2, 0) is 19.1 Å². The first-order chi connectivity index (χ1) is 8.83. The average molecular weight is 269 g/mol. The molecule has 0 N–H and O–H groups in total. The molecule has 19 heavy (non-hydrogen) atoms. The van der Waals surface area contributed by atoms with Crippen LogP contribution in [0.1, 0.15) is 33.6 Å². The highest BCUT2D eigenvalue weighted by Gasteiger charge is 2.45. The van der Waals surface area contributed by atoms with Gasteiger partial charge in [-0.05, 0) is 20.3 Å². The Kier molecular flexibility index (Phi) is 4.80. The van der Waals surface area contributed by atoms with E-state index in [1.54, 1.807) is 13.8 Å². The molecule has 7 nitrogen and oxygen atoms in total. The van der Waals surface area contributed by atoms with E-state index < -0.39 is 11.6 Å².